The summed E-state index contributed by atoms with van der Waals surface area (Å²) in [4.78, 5) is 28.4. The van der Waals surface area contributed by atoms with Crippen molar-refractivity contribution in [3.63, 3.8) is 0 Å². The molecule has 5 rings (SSSR count). The molecule has 4 heterocycles. The summed E-state index contributed by atoms with van der Waals surface area (Å²) in [7, 11) is 0. The number of piperidine rings is 1. The molecule has 0 radical (unpaired) electrons. The van der Waals surface area contributed by atoms with Crippen molar-refractivity contribution >= 4 is 22.8 Å². The van der Waals surface area contributed by atoms with Gasteiger partial charge in [-0.25, -0.2) is 9.97 Å². The van der Waals surface area contributed by atoms with Crippen molar-refractivity contribution in [1.29, 1.82) is 0 Å². The van der Waals surface area contributed by atoms with Crippen LogP contribution < -0.4 is 5.32 Å². The Morgan fingerprint density at radius 2 is 1.90 bits per heavy atom. The number of hydrogen-bond donors (Lipinski definition) is 1. The van der Waals surface area contributed by atoms with Gasteiger partial charge in [0, 0.05) is 55.2 Å². The van der Waals surface area contributed by atoms with E-state index in [2.05, 4.69) is 39.8 Å². The first-order valence-electron chi connectivity index (χ1n) is 11.4. The number of hydrogen-bond acceptors (Lipinski definition) is 5. The van der Waals surface area contributed by atoms with Crippen LogP contribution in [-0.4, -0.2) is 50.0 Å². The summed E-state index contributed by atoms with van der Waals surface area (Å²) in [6.07, 6.45) is 9.74. The Labute approximate surface area is 182 Å². The molecule has 2 aliphatic rings. The number of carbonyl (C=O) groups excluding carboxylic acids is 1. The first-order chi connectivity index (χ1) is 15.1. The standard InChI is InChI=1S/C24H30N6O/c1-16(2)30-15-27-22-21(30)13-20(28-23(22)26-14-17-3-4-17)18-7-11-29(12-8-18)24(31)19-5-9-25-10-6-19/h5-6,9-10,13,15-18H,3-4,7-8,11-12,14H2,1-2H3,(H,26,28). The summed E-state index contributed by atoms with van der Waals surface area (Å²) < 4.78 is 2.23. The van der Waals surface area contributed by atoms with E-state index >= 15 is 0 Å². The molecule has 162 valence electrons. The van der Waals surface area contributed by atoms with Gasteiger partial charge in [-0.1, -0.05) is 0 Å². The summed E-state index contributed by atoms with van der Waals surface area (Å²) in [6, 6.07) is 6.13. The van der Waals surface area contributed by atoms with Crippen molar-refractivity contribution in [3.05, 3.63) is 48.2 Å². The van der Waals surface area contributed by atoms with Crippen LogP contribution in [-0.2, 0) is 0 Å². The van der Waals surface area contributed by atoms with Gasteiger partial charge in [0.2, 0.25) is 0 Å². The maximum atomic E-state index is 12.8. The molecule has 2 fully saturated rings. The second-order valence-corrected chi connectivity index (χ2v) is 9.14. The Morgan fingerprint density at radius 1 is 1.16 bits per heavy atom. The Kier molecular flexibility index (Phi) is 5.34. The molecule has 31 heavy (non-hydrogen) atoms. The third-order valence-corrected chi connectivity index (χ3v) is 6.52. The van der Waals surface area contributed by atoms with Gasteiger partial charge in [0.1, 0.15) is 5.52 Å². The number of nitrogens with one attached hydrogen (secondary N) is 1. The van der Waals surface area contributed by atoms with Gasteiger partial charge < -0.3 is 14.8 Å². The summed E-state index contributed by atoms with van der Waals surface area (Å²) in [5, 5.41) is 3.57. The fourth-order valence-electron chi connectivity index (χ4n) is 4.41. The number of rotatable bonds is 6. The molecule has 1 saturated heterocycles. The molecule has 1 amide bonds. The molecule has 0 bridgehead atoms. The van der Waals surface area contributed by atoms with E-state index in [1.807, 2.05) is 11.2 Å². The number of fused-ring (bicyclic) bond motifs is 1. The Balaban J connectivity index is 1.37. The van der Waals surface area contributed by atoms with Gasteiger partial charge in [-0.15, -0.1) is 0 Å². The van der Waals surface area contributed by atoms with Crippen LogP contribution in [0.5, 0.6) is 0 Å². The number of pyridine rings is 2. The van der Waals surface area contributed by atoms with Crippen molar-refractivity contribution in [2.24, 2.45) is 5.92 Å². The van der Waals surface area contributed by atoms with Crippen molar-refractivity contribution in [2.75, 3.05) is 25.0 Å². The zero-order valence-electron chi connectivity index (χ0n) is 18.3. The first kappa shape index (κ1) is 20.0. The zero-order valence-corrected chi connectivity index (χ0v) is 18.3. The summed E-state index contributed by atoms with van der Waals surface area (Å²) in [6.45, 7) is 6.84. The van der Waals surface area contributed by atoms with E-state index in [9.17, 15) is 4.79 Å². The topological polar surface area (TPSA) is 75.9 Å². The molecule has 0 atom stereocenters. The molecule has 1 aliphatic heterocycles. The highest BCUT2D eigenvalue weighted by Crippen LogP contribution is 2.34. The van der Waals surface area contributed by atoms with Gasteiger partial charge >= 0.3 is 0 Å². The lowest BCUT2D eigenvalue weighted by atomic mass is 9.92. The highest BCUT2D eigenvalue weighted by atomic mass is 16.2. The Hall–Kier alpha value is -2.96. The van der Waals surface area contributed by atoms with E-state index in [0.29, 0.717) is 17.5 Å². The number of likely N-dealkylation sites (tertiary alicyclic amines) is 1. The number of amides is 1. The monoisotopic (exact) mass is 418 g/mol. The molecule has 3 aromatic rings. The predicted molar refractivity (Wildman–Crippen MR) is 121 cm³/mol. The van der Waals surface area contributed by atoms with Gasteiger partial charge in [0.05, 0.1) is 11.8 Å². The van der Waals surface area contributed by atoms with Gasteiger partial charge in [0.15, 0.2) is 5.82 Å². The minimum atomic E-state index is 0.0916. The van der Waals surface area contributed by atoms with Crippen LogP contribution in [0.25, 0.3) is 11.0 Å². The summed E-state index contributed by atoms with van der Waals surface area (Å²) in [5.74, 6) is 2.13. The molecular weight excluding hydrogens is 388 g/mol. The average molecular weight is 419 g/mol. The fraction of sp³-hybridized carbons (Fsp3) is 0.500. The third kappa shape index (κ3) is 4.13. The SMILES string of the molecule is CC(C)n1cnc2c(NCC3CC3)nc(C3CCN(C(=O)c4ccncc4)CC3)cc21. The van der Waals surface area contributed by atoms with Crippen molar-refractivity contribution in [1.82, 2.24) is 24.4 Å². The summed E-state index contributed by atoms with van der Waals surface area (Å²) >= 11 is 0. The lowest BCUT2D eigenvalue weighted by Crippen LogP contribution is -2.38. The number of anilines is 1. The van der Waals surface area contributed by atoms with Crippen LogP contribution in [0.15, 0.2) is 36.9 Å². The molecule has 7 heteroatoms. The first-order valence-corrected chi connectivity index (χ1v) is 11.4. The number of aromatic nitrogens is 4. The lowest BCUT2D eigenvalue weighted by Gasteiger charge is -2.32. The van der Waals surface area contributed by atoms with Crippen molar-refractivity contribution < 1.29 is 4.79 Å². The van der Waals surface area contributed by atoms with Gasteiger partial charge in [-0.05, 0) is 63.6 Å². The van der Waals surface area contributed by atoms with E-state index in [4.69, 9.17) is 4.98 Å². The number of imidazole rings is 1. The number of carbonyl (C=O) groups is 1. The van der Waals surface area contributed by atoms with Gasteiger partial charge in [-0.2, -0.15) is 0 Å². The van der Waals surface area contributed by atoms with Crippen molar-refractivity contribution in [2.45, 2.75) is 51.5 Å². The zero-order chi connectivity index (χ0) is 21.4. The van der Waals surface area contributed by atoms with Crippen molar-refractivity contribution in [3.8, 4) is 0 Å². The van der Waals surface area contributed by atoms with E-state index in [1.165, 1.54) is 12.8 Å². The Morgan fingerprint density at radius 3 is 2.58 bits per heavy atom. The minimum Gasteiger partial charge on any atom is -0.368 e. The largest absolute Gasteiger partial charge is 0.368 e. The average Bonchev–Trinajstić information content (AvgIpc) is 3.53. The van der Waals surface area contributed by atoms with E-state index in [0.717, 1.165) is 60.9 Å². The van der Waals surface area contributed by atoms with Crippen LogP contribution in [0.1, 0.15) is 67.5 Å². The van der Waals surface area contributed by atoms with Crippen LogP contribution in [0, 0.1) is 5.92 Å². The van der Waals surface area contributed by atoms with Crippen LogP contribution in [0.2, 0.25) is 0 Å². The maximum Gasteiger partial charge on any atom is 0.253 e. The molecule has 1 saturated carbocycles. The van der Waals surface area contributed by atoms with E-state index < -0.39 is 0 Å². The van der Waals surface area contributed by atoms with E-state index in [1.54, 1.807) is 24.5 Å². The second-order valence-electron chi connectivity index (χ2n) is 9.14. The molecule has 3 aromatic heterocycles. The molecule has 0 unspecified atom stereocenters. The summed E-state index contributed by atoms with van der Waals surface area (Å²) in [5.41, 5.74) is 3.93. The highest BCUT2D eigenvalue weighted by molar-refractivity contribution is 5.94. The third-order valence-electron chi connectivity index (χ3n) is 6.52. The quantitative estimate of drug-likeness (QED) is 0.648. The maximum absolute atomic E-state index is 12.8. The fourth-order valence-corrected chi connectivity index (χ4v) is 4.41. The van der Waals surface area contributed by atoms with Gasteiger partial charge in [0.25, 0.3) is 5.91 Å². The van der Waals surface area contributed by atoms with Crippen LogP contribution in [0.3, 0.4) is 0 Å². The number of nitrogens with zero attached hydrogens (tertiary/aromatic N) is 5. The normalized spacial score (nSPS) is 17.5. The molecule has 0 aromatic carbocycles. The van der Waals surface area contributed by atoms with Crippen LogP contribution in [0.4, 0.5) is 5.82 Å². The molecule has 1 N–H and O–H groups in total. The lowest BCUT2D eigenvalue weighted by molar-refractivity contribution is 0.0712. The van der Waals surface area contributed by atoms with E-state index in [-0.39, 0.29) is 5.91 Å². The Bertz CT molecular complexity index is 1060. The highest BCUT2D eigenvalue weighted by Gasteiger charge is 2.27. The van der Waals surface area contributed by atoms with Gasteiger partial charge in [-0.3, -0.25) is 9.78 Å². The molecule has 7 nitrogen and oxygen atoms in total. The second kappa shape index (κ2) is 8.29. The minimum absolute atomic E-state index is 0.0916. The molecule has 0 spiro atoms. The smallest absolute Gasteiger partial charge is 0.253 e. The molecular formula is C24H30N6O. The molecule has 1 aliphatic carbocycles. The van der Waals surface area contributed by atoms with Crippen LogP contribution >= 0.6 is 0 Å². The predicted octanol–water partition coefficient (Wildman–Crippen LogP) is 4.25.